The van der Waals surface area contributed by atoms with Crippen LogP contribution in [0.4, 0.5) is 13.2 Å². The van der Waals surface area contributed by atoms with Crippen LogP contribution in [0.5, 0.6) is 0 Å². The molecule has 0 saturated carbocycles. The monoisotopic (exact) mass is 368 g/mol. The van der Waals surface area contributed by atoms with Gasteiger partial charge in [-0.05, 0) is 37.0 Å². The number of halogens is 3. The van der Waals surface area contributed by atoms with E-state index in [9.17, 15) is 21.6 Å². The third-order valence-electron chi connectivity index (χ3n) is 3.50. The molecular formula is C15H19F3O5S. The summed E-state index contributed by atoms with van der Waals surface area (Å²) < 4.78 is 76.2. The maximum absolute atomic E-state index is 12.6. The van der Waals surface area contributed by atoms with Crippen molar-refractivity contribution in [3.63, 3.8) is 0 Å². The van der Waals surface area contributed by atoms with Crippen molar-refractivity contribution in [1.82, 2.24) is 0 Å². The summed E-state index contributed by atoms with van der Waals surface area (Å²) in [5, 5.41) is 0. The molecule has 0 spiro atoms. The molecule has 0 bridgehead atoms. The highest BCUT2D eigenvalue weighted by Gasteiger charge is 2.31. The van der Waals surface area contributed by atoms with Crippen LogP contribution < -0.4 is 0 Å². The van der Waals surface area contributed by atoms with E-state index >= 15 is 0 Å². The van der Waals surface area contributed by atoms with Gasteiger partial charge in [-0.2, -0.15) is 21.6 Å². The second-order valence-electron chi connectivity index (χ2n) is 5.53. The number of ether oxygens (including phenoxy) is 2. The van der Waals surface area contributed by atoms with E-state index in [2.05, 4.69) is 0 Å². The molecule has 1 aromatic carbocycles. The SMILES string of the molecule is CS(=O)(=O)OCC(OC1CCCCO1)c1ccc(C(F)(F)F)cc1. The Hall–Kier alpha value is -1.16. The standard InChI is InChI=1S/C15H19F3O5S/c1-24(19,20)22-10-13(23-14-4-2-3-9-21-14)11-5-7-12(8-6-11)15(16,17)18/h5-8,13-14H,2-4,9-10H2,1H3. The van der Waals surface area contributed by atoms with E-state index in [0.29, 0.717) is 18.6 Å². The lowest BCUT2D eigenvalue weighted by atomic mass is 10.1. The van der Waals surface area contributed by atoms with Crippen LogP contribution in [-0.4, -0.2) is 34.2 Å². The predicted octanol–water partition coefficient (Wildman–Crippen LogP) is 3.27. The molecule has 1 aliphatic heterocycles. The van der Waals surface area contributed by atoms with Gasteiger partial charge >= 0.3 is 6.18 Å². The van der Waals surface area contributed by atoms with E-state index in [1.807, 2.05) is 0 Å². The van der Waals surface area contributed by atoms with Crippen molar-refractivity contribution in [2.45, 2.75) is 37.8 Å². The zero-order valence-electron chi connectivity index (χ0n) is 13.1. The maximum atomic E-state index is 12.6. The average Bonchev–Trinajstić information content (AvgIpc) is 2.51. The Morgan fingerprint density at radius 2 is 1.92 bits per heavy atom. The van der Waals surface area contributed by atoms with Crippen molar-refractivity contribution in [2.24, 2.45) is 0 Å². The zero-order chi connectivity index (χ0) is 17.8. The normalized spacial score (nSPS) is 20.8. The lowest BCUT2D eigenvalue weighted by molar-refractivity contribution is -0.195. The molecule has 1 heterocycles. The summed E-state index contributed by atoms with van der Waals surface area (Å²) in [6.45, 7) is 0.196. The fourth-order valence-corrected chi connectivity index (χ4v) is 2.66. The molecule has 1 aromatic rings. The Bertz CT molecular complexity index is 622. The molecule has 0 N–H and O–H groups in total. The van der Waals surface area contributed by atoms with Crippen LogP contribution in [-0.2, 0) is 30.0 Å². The zero-order valence-corrected chi connectivity index (χ0v) is 13.9. The van der Waals surface area contributed by atoms with E-state index < -0.39 is 34.3 Å². The van der Waals surface area contributed by atoms with E-state index in [1.54, 1.807) is 0 Å². The summed E-state index contributed by atoms with van der Waals surface area (Å²) in [6, 6.07) is 4.35. The first-order chi connectivity index (χ1) is 11.1. The van der Waals surface area contributed by atoms with Gasteiger partial charge in [-0.1, -0.05) is 12.1 Å². The van der Waals surface area contributed by atoms with E-state index in [0.717, 1.165) is 31.2 Å². The van der Waals surface area contributed by atoms with Gasteiger partial charge in [0.1, 0.15) is 6.10 Å². The Balaban J connectivity index is 2.13. The summed E-state index contributed by atoms with van der Waals surface area (Å²) in [5.74, 6) is 0. The van der Waals surface area contributed by atoms with Crippen molar-refractivity contribution < 1.29 is 35.2 Å². The van der Waals surface area contributed by atoms with Gasteiger partial charge in [0.15, 0.2) is 6.29 Å². The van der Waals surface area contributed by atoms with Crippen molar-refractivity contribution >= 4 is 10.1 Å². The Morgan fingerprint density at radius 3 is 2.42 bits per heavy atom. The van der Waals surface area contributed by atoms with Crippen LogP contribution in [0.1, 0.15) is 36.5 Å². The Labute approximate surface area is 138 Å². The van der Waals surface area contributed by atoms with Crippen LogP contribution in [0, 0.1) is 0 Å². The van der Waals surface area contributed by atoms with Gasteiger partial charge < -0.3 is 9.47 Å². The summed E-state index contributed by atoms with van der Waals surface area (Å²) in [5.41, 5.74) is -0.399. The molecule has 0 aliphatic carbocycles. The van der Waals surface area contributed by atoms with Crippen LogP contribution in [0.25, 0.3) is 0 Å². The number of alkyl halides is 3. The van der Waals surface area contributed by atoms with E-state index in [-0.39, 0.29) is 6.61 Å². The minimum atomic E-state index is -4.44. The highest BCUT2D eigenvalue weighted by Crippen LogP contribution is 2.31. The summed E-state index contributed by atoms with van der Waals surface area (Å²) >= 11 is 0. The van der Waals surface area contributed by atoms with Gasteiger partial charge in [-0.3, -0.25) is 4.18 Å². The topological polar surface area (TPSA) is 61.8 Å². The molecule has 5 nitrogen and oxygen atoms in total. The first-order valence-electron chi connectivity index (χ1n) is 7.44. The first kappa shape index (κ1) is 19.2. The second-order valence-corrected chi connectivity index (χ2v) is 7.17. The van der Waals surface area contributed by atoms with Gasteiger partial charge in [0, 0.05) is 6.61 Å². The number of hydrogen-bond acceptors (Lipinski definition) is 5. The van der Waals surface area contributed by atoms with Crippen LogP contribution in [0.2, 0.25) is 0 Å². The third-order valence-corrected chi connectivity index (χ3v) is 4.06. The molecule has 24 heavy (non-hydrogen) atoms. The molecule has 2 atom stereocenters. The molecule has 136 valence electrons. The summed E-state index contributed by atoms with van der Waals surface area (Å²) in [7, 11) is -3.70. The number of rotatable bonds is 6. The average molecular weight is 368 g/mol. The Kier molecular flexibility index (Phi) is 6.24. The molecule has 0 amide bonds. The van der Waals surface area contributed by atoms with Gasteiger partial charge in [0.2, 0.25) is 0 Å². The predicted molar refractivity (Wildman–Crippen MR) is 79.7 cm³/mol. The minimum absolute atomic E-state index is 0.329. The van der Waals surface area contributed by atoms with Crippen molar-refractivity contribution in [1.29, 1.82) is 0 Å². The quantitative estimate of drug-likeness (QED) is 0.721. The minimum Gasteiger partial charge on any atom is -0.353 e. The number of hydrogen-bond donors (Lipinski definition) is 0. The van der Waals surface area contributed by atoms with E-state index in [4.69, 9.17) is 13.7 Å². The molecule has 9 heteroatoms. The molecule has 2 rings (SSSR count). The lowest BCUT2D eigenvalue weighted by Gasteiger charge is -2.28. The van der Waals surface area contributed by atoms with Crippen molar-refractivity contribution in [3.05, 3.63) is 35.4 Å². The third kappa shape index (κ3) is 6.04. The maximum Gasteiger partial charge on any atom is 0.416 e. The fraction of sp³-hybridized carbons (Fsp3) is 0.600. The van der Waals surface area contributed by atoms with Crippen molar-refractivity contribution in [3.8, 4) is 0 Å². The van der Waals surface area contributed by atoms with Crippen LogP contribution in [0.15, 0.2) is 24.3 Å². The fourth-order valence-electron chi connectivity index (χ4n) is 2.29. The smallest absolute Gasteiger partial charge is 0.353 e. The van der Waals surface area contributed by atoms with Crippen LogP contribution >= 0.6 is 0 Å². The number of benzene rings is 1. The lowest BCUT2D eigenvalue weighted by Crippen LogP contribution is -2.27. The van der Waals surface area contributed by atoms with Crippen LogP contribution in [0.3, 0.4) is 0 Å². The first-order valence-corrected chi connectivity index (χ1v) is 9.25. The van der Waals surface area contributed by atoms with Gasteiger partial charge in [-0.15, -0.1) is 0 Å². The molecule has 1 fully saturated rings. The molecular weight excluding hydrogens is 349 g/mol. The molecule has 1 aliphatic rings. The largest absolute Gasteiger partial charge is 0.416 e. The summed E-state index contributed by atoms with van der Waals surface area (Å²) in [4.78, 5) is 0. The molecule has 1 saturated heterocycles. The highest BCUT2D eigenvalue weighted by atomic mass is 32.2. The van der Waals surface area contributed by atoms with E-state index in [1.165, 1.54) is 12.1 Å². The highest BCUT2D eigenvalue weighted by molar-refractivity contribution is 7.85. The summed E-state index contributed by atoms with van der Waals surface area (Å²) in [6.07, 6.45) is -2.48. The molecule has 2 unspecified atom stereocenters. The molecule has 0 aromatic heterocycles. The van der Waals surface area contributed by atoms with Gasteiger partial charge in [0.25, 0.3) is 10.1 Å². The van der Waals surface area contributed by atoms with Crippen molar-refractivity contribution in [2.75, 3.05) is 19.5 Å². The van der Waals surface area contributed by atoms with Gasteiger partial charge in [0.05, 0.1) is 18.4 Å². The Morgan fingerprint density at radius 1 is 1.25 bits per heavy atom. The van der Waals surface area contributed by atoms with Gasteiger partial charge in [-0.25, -0.2) is 0 Å². The molecule has 0 radical (unpaired) electrons. The second kappa shape index (κ2) is 7.81.